The molecule has 1 atom stereocenters. The number of fused-ring (bicyclic) bond motifs is 1. The van der Waals surface area contributed by atoms with E-state index in [0.29, 0.717) is 11.5 Å². The quantitative estimate of drug-likeness (QED) is 0.817. The number of hydrogen-bond acceptors (Lipinski definition) is 5. The summed E-state index contributed by atoms with van der Waals surface area (Å²) in [4.78, 5) is 30.1. The summed E-state index contributed by atoms with van der Waals surface area (Å²) in [6.07, 6.45) is 2.17. The Morgan fingerprint density at radius 1 is 1.45 bits per heavy atom. The van der Waals surface area contributed by atoms with Crippen molar-refractivity contribution in [2.24, 2.45) is 5.92 Å². The van der Waals surface area contributed by atoms with Crippen LogP contribution in [0.1, 0.15) is 30.1 Å². The standard InChI is InChI=1S/C16H18N2O3S/c1-11-3-2-6-18(8-11)15(19)9-21-16(20)12-4-5-13-14(7-12)22-10-17-13/h4-5,7,10-11H,2-3,6,8-9H2,1H3. The third-order valence-corrected chi connectivity index (χ3v) is 4.70. The average Bonchev–Trinajstić information content (AvgIpc) is 2.99. The van der Waals surface area contributed by atoms with E-state index in [-0.39, 0.29) is 12.5 Å². The highest BCUT2D eigenvalue weighted by Crippen LogP contribution is 2.20. The molecule has 0 N–H and O–H groups in total. The SMILES string of the molecule is CC1CCCN(C(=O)COC(=O)c2ccc3ncsc3c2)C1. The zero-order chi connectivity index (χ0) is 15.5. The Morgan fingerprint density at radius 3 is 3.14 bits per heavy atom. The van der Waals surface area contributed by atoms with Gasteiger partial charge in [0, 0.05) is 13.1 Å². The van der Waals surface area contributed by atoms with Gasteiger partial charge in [-0.3, -0.25) is 4.79 Å². The number of piperidine rings is 1. The zero-order valence-electron chi connectivity index (χ0n) is 12.4. The Hall–Kier alpha value is -1.95. The molecule has 0 bridgehead atoms. The maximum Gasteiger partial charge on any atom is 0.338 e. The summed E-state index contributed by atoms with van der Waals surface area (Å²) >= 11 is 1.47. The summed E-state index contributed by atoms with van der Waals surface area (Å²) in [7, 11) is 0. The highest BCUT2D eigenvalue weighted by molar-refractivity contribution is 7.16. The lowest BCUT2D eigenvalue weighted by atomic mass is 10.0. The largest absolute Gasteiger partial charge is 0.452 e. The first kappa shape index (κ1) is 15.0. The highest BCUT2D eigenvalue weighted by Gasteiger charge is 2.22. The van der Waals surface area contributed by atoms with Gasteiger partial charge in [0.25, 0.3) is 5.91 Å². The van der Waals surface area contributed by atoms with Gasteiger partial charge in [-0.25, -0.2) is 9.78 Å². The van der Waals surface area contributed by atoms with E-state index in [2.05, 4.69) is 11.9 Å². The first-order valence-corrected chi connectivity index (χ1v) is 8.29. The van der Waals surface area contributed by atoms with Gasteiger partial charge in [0.05, 0.1) is 21.3 Å². The number of hydrogen-bond donors (Lipinski definition) is 0. The monoisotopic (exact) mass is 318 g/mol. The lowest BCUT2D eigenvalue weighted by Gasteiger charge is -2.30. The summed E-state index contributed by atoms with van der Waals surface area (Å²) in [6, 6.07) is 5.22. The Bertz CT molecular complexity index is 698. The lowest BCUT2D eigenvalue weighted by Crippen LogP contribution is -2.41. The molecule has 5 nitrogen and oxygen atoms in total. The van der Waals surface area contributed by atoms with Crippen molar-refractivity contribution in [1.29, 1.82) is 0 Å². The van der Waals surface area contributed by atoms with Crippen LogP contribution in [0.15, 0.2) is 23.7 Å². The molecular weight excluding hydrogens is 300 g/mol. The van der Waals surface area contributed by atoms with Gasteiger partial charge in [-0.1, -0.05) is 6.92 Å². The normalized spacial score (nSPS) is 18.4. The zero-order valence-corrected chi connectivity index (χ0v) is 13.3. The van der Waals surface area contributed by atoms with Crippen LogP contribution in [0.25, 0.3) is 10.2 Å². The van der Waals surface area contributed by atoms with Crippen LogP contribution in [0.5, 0.6) is 0 Å². The molecule has 1 aliphatic rings. The minimum atomic E-state index is -0.464. The van der Waals surface area contributed by atoms with Gasteiger partial charge in [-0.2, -0.15) is 0 Å². The third kappa shape index (κ3) is 3.27. The van der Waals surface area contributed by atoms with Gasteiger partial charge >= 0.3 is 5.97 Å². The van der Waals surface area contributed by atoms with Crippen LogP contribution in [-0.2, 0) is 9.53 Å². The predicted octanol–water partition coefficient (Wildman–Crippen LogP) is 2.71. The topological polar surface area (TPSA) is 59.5 Å². The Labute approximate surface area is 132 Å². The molecule has 1 unspecified atom stereocenters. The summed E-state index contributed by atoms with van der Waals surface area (Å²) in [5.74, 6) is -0.0605. The van der Waals surface area contributed by atoms with E-state index in [0.717, 1.165) is 36.1 Å². The molecular formula is C16H18N2O3S. The van der Waals surface area contributed by atoms with Crippen molar-refractivity contribution in [3.8, 4) is 0 Å². The van der Waals surface area contributed by atoms with E-state index in [4.69, 9.17) is 4.74 Å². The number of carbonyl (C=O) groups excluding carboxylic acids is 2. The minimum Gasteiger partial charge on any atom is -0.452 e. The fourth-order valence-electron chi connectivity index (χ4n) is 2.70. The van der Waals surface area contributed by atoms with Crippen LogP contribution in [0.2, 0.25) is 0 Å². The number of carbonyl (C=O) groups is 2. The van der Waals surface area contributed by atoms with Gasteiger partial charge in [0.15, 0.2) is 6.61 Å². The fraction of sp³-hybridized carbons (Fsp3) is 0.438. The van der Waals surface area contributed by atoms with E-state index < -0.39 is 5.97 Å². The maximum absolute atomic E-state index is 12.1. The van der Waals surface area contributed by atoms with Crippen LogP contribution in [-0.4, -0.2) is 41.5 Å². The summed E-state index contributed by atoms with van der Waals surface area (Å²) in [5.41, 5.74) is 3.05. The summed E-state index contributed by atoms with van der Waals surface area (Å²) in [5, 5.41) is 0. The van der Waals surface area contributed by atoms with E-state index in [1.54, 1.807) is 28.6 Å². The van der Waals surface area contributed by atoms with Gasteiger partial charge in [-0.05, 0) is 37.0 Å². The first-order chi connectivity index (χ1) is 10.6. The van der Waals surface area contributed by atoms with Crippen LogP contribution in [0.4, 0.5) is 0 Å². The molecule has 6 heteroatoms. The van der Waals surface area contributed by atoms with Crippen LogP contribution < -0.4 is 0 Å². The van der Waals surface area contributed by atoms with Crippen molar-refractivity contribution in [2.45, 2.75) is 19.8 Å². The molecule has 0 radical (unpaired) electrons. The number of amides is 1. The summed E-state index contributed by atoms with van der Waals surface area (Å²) < 4.78 is 6.09. The van der Waals surface area contributed by atoms with Crippen LogP contribution in [0.3, 0.4) is 0 Å². The number of nitrogens with zero attached hydrogens (tertiary/aromatic N) is 2. The smallest absolute Gasteiger partial charge is 0.338 e. The highest BCUT2D eigenvalue weighted by atomic mass is 32.1. The molecule has 1 amide bonds. The molecule has 1 aromatic carbocycles. The minimum absolute atomic E-state index is 0.112. The Kier molecular flexibility index (Phi) is 4.38. The number of likely N-dealkylation sites (tertiary alicyclic amines) is 1. The van der Waals surface area contributed by atoms with E-state index in [1.807, 2.05) is 0 Å². The van der Waals surface area contributed by atoms with Crippen molar-refractivity contribution in [3.63, 3.8) is 0 Å². The van der Waals surface area contributed by atoms with Gasteiger partial charge in [0.1, 0.15) is 0 Å². The molecule has 2 aromatic rings. The third-order valence-electron chi connectivity index (χ3n) is 3.90. The molecule has 0 saturated carbocycles. The van der Waals surface area contributed by atoms with E-state index in [9.17, 15) is 9.59 Å². The predicted molar refractivity (Wildman–Crippen MR) is 84.9 cm³/mol. The second-order valence-corrected chi connectivity index (χ2v) is 6.58. The van der Waals surface area contributed by atoms with E-state index >= 15 is 0 Å². The van der Waals surface area contributed by atoms with Gasteiger partial charge in [-0.15, -0.1) is 11.3 Å². The molecule has 1 saturated heterocycles. The Morgan fingerprint density at radius 2 is 2.32 bits per heavy atom. The molecule has 1 aromatic heterocycles. The first-order valence-electron chi connectivity index (χ1n) is 7.41. The molecule has 0 aliphatic carbocycles. The van der Waals surface area contributed by atoms with Crippen molar-refractivity contribution >= 4 is 33.4 Å². The van der Waals surface area contributed by atoms with Crippen molar-refractivity contribution in [1.82, 2.24) is 9.88 Å². The molecule has 22 heavy (non-hydrogen) atoms. The van der Waals surface area contributed by atoms with Crippen LogP contribution >= 0.6 is 11.3 Å². The molecule has 1 aliphatic heterocycles. The molecule has 2 heterocycles. The Balaban J connectivity index is 1.58. The number of benzene rings is 1. The van der Waals surface area contributed by atoms with Crippen molar-refractivity contribution in [3.05, 3.63) is 29.3 Å². The molecule has 1 fully saturated rings. The second kappa shape index (κ2) is 6.44. The lowest BCUT2D eigenvalue weighted by molar-refractivity contribution is -0.136. The maximum atomic E-state index is 12.1. The molecule has 3 rings (SSSR count). The number of ether oxygens (including phenoxy) is 1. The number of esters is 1. The molecule has 116 valence electrons. The van der Waals surface area contributed by atoms with Crippen molar-refractivity contribution < 1.29 is 14.3 Å². The number of thiazole rings is 1. The molecule has 0 spiro atoms. The number of aromatic nitrogens is 1. The summed E-state index contributed by atoms with van der Waals surface area (Å²) in [6.45, 7) is 3.46. The van der Waals surface area contributed by atoms with Crippen molar-refractivity contribution in [2.75, 3.05) is 19.7 Å². The van der Waals surface area contributed by atoms with E-state index in [1.165, 1.54) is 11.3 Å². The number of rotatable bonds is 3. The second-order valence-electron chi connectivity index (χ2n) is 5.70. The van der Waals surface area contributed by atoms with Crippen LogP contribution in [0, 0.1) is 5.92 Å². The van der Waals surface area contributed by atoms with Gasteiger partial charge < -0.3 is 9.64 Å². The average molecular weight is 318 g/mol. The van der Waals surface area contributed by atoms with Gasteiger partial charge in [0.2, 0.25) is 0 Å². The fourth-order valence-corrected chi connectivity index (χ4v) is 3.42.